The van der Waals surface area contributed by atoms with Gasteiger partial charge < -0.3 is 4.90 Å². The molecule has 0 saturated carbocycles. The number of rotatable bonds is 5. The third kappa shape index (κ3) is 4.31. The molecule has 2 heterocycles. The van der Waals surface area contributed by atoms with Gasteiger partial charge in [-0.1, -0.05) is 0 Å². The fourth-order valence-corrected chi connectivity index (χ4v) is 3.67. The fraction of sp³-hybridized carbons (Fsp3) is 0.692. The molecule has 0 spiro atoms. The van der Waals surface area contributed by atoms with Gasteiger partial charge in [0.2, 0.25) is 0 Å². The second kappa shape index (κ2) is 7.01. The van der Waals surface area contributed by atoms with Crippen LogP contribution in [-0.4, -0.2) is 68.1 Å². The lowest BCUT2D eigenvalue weighted by molar-refractivity contribution is 0.121. The normalized spacial score (nSPS) is 18.7. The van der Waals surface area contributed by atoms with Crippen LogP contribution in [0.25, 0.3) is 0 Å². The van der Waals surface area contributed by atoms with Gasteiger partial charge in [0, 0.05) is 55.2 Å². The van der Waals surface area contributed by atoms with Crippen molar-refractivity contribution in [2.45, 2.75) is 6.54 Å². The lowest BCUT2D eigenvalue weighted by Gasteiger charge is -2.35. The van der Waals surface area contributed by atoms with Crippen LogP contribution in [0.3, 0.4) is 0 Å². The molecule has 3 nitrogen and oxygen atoms in total. The minimum atomic E-state index is 1.10. The molecule has 1 aliphatic rings. The van der Waals surface area contributed by atoms with E-state index in [1.54, 1.807) is 0 Å². The van der Waals surface area contributed by atoms with Crippen molar-refractivity contribution in [1.82, 2.24) is 14.7 Å². The Hall–Kier alpha value is 0.0600. The standard InChI is InChI=1S/C13H22BrN3S/c1-15(2)4-5-16-6-8-17(9-7-16)11-13-12(14)3-10-18-13/h3,10H,4-9,11H2,1-2H3. The van der Waals surface area contributed by atoms with Crippen LogP contribution in [0.4, 0.5) is 0 Å². The molecule has 0 unspecified atom stereocenters. The van der Waals surface area contributed by atoms with Gasteiger partial charge in [0.25, 0.3) is 0 Å². The number of hydrogen-bond acceptors (Lipinski definition) is 4. The Bertz CT molecular complexity index is 359. The average molecular weight is 332 g/mol. The summed E-state index contributed by atoms with van der Waals surface area (Å²) in [6.45, 7) is 8.25. The van der Waals surface area contributed by atoms with Crippen LogP contribution in [0.5, 0.6) is 0 Å². The van der Waals surface area contributed by atoms with Gasteiger partial charge in [0.1, 0.15) is 0 Å². The van der Waals surface area contributed by atoms with Crippen LogP contribution >= 0.6 is 27.3 Å². The fourth-order valence-electron chi connectivity index (χ4n) is 2.15. The van der Waals surface area contributed by atoms with Crippen molar-refractivity contribution >= 4 is 27.3 Å². The molecule has 1 aromatic rings. The van der Waals surface area contributed by atoms with E-state index in [2.05, 4.69) is 56.2 Å². The quantitative estimate of drug-likeness (QED) is 0.818. The summed E-state index contributed by atoms with van der Waals surface area (Å²) < 4.78 is 1.27. The molecule has 1 aromatic heterocycles. The van der Waals surface area contributed by atoms with Crippen molar-refractivity contribution in [3.8, 4) is 0 Å². The van der Waals surface area contributed by atoms with E-state index in [0.717, 1.165) is 13.1 Å². The van der Waals surface area contributed by atoms with E-state index in [1.165, 1.54) is 42.1 Å². The molecule has 5 heteroatoms. The van der Waals surface area contributed by atoms with Crippen molar-refractivity contribution in [1.29, 1.82) is 0 Å². The molecule has 1 aliphatic heterocycles. The van der Waals surface area contributed by atoms with Crippen molar-refractivity contribution in [2.75, 3.05) is 53.4 Å². The summed E-state index contributed by atoms with van der Waals surface area (Å²) in [6, 6.07) is 2.15. The van der Waals surface area contributed by atoms with Crippen LogP contribution in [0, 0.1) is 0 Å². The second-order valence-electron chi connectivity index (χ2n) is 5.11. The summed E-state index contributed by atoms with van der Waals surface area (Å²) in [5.74, 6) is 0. The van der Waals surface area contributed by atoms with E-state index in [9.17, 15) is 0 Å². The highest BCUT2D eigenvalue weighted by atomic mass is 79.9. The topological polar surface area (TPSA) is 9.72 Å². The minimum absolute atomic E-state index is 1.10. The Morgan fingerprint density at radius 2 is 1.89 bits per heavy atom. The summed E-state index contributed by atoms with van der Waals surface area (Å²) in [7, 11) is 4.29. The predicted molar refractivity (Wildman–Crippen MR) is 82.3 cm³/mol. The zero-order valence-corrected chi connectivity index (χ0v) is 13.6. The maximum atomic E-state index is 3.61. The smallest absolute Gasteiger partial charge is 0.0340 e. The largest absolute Gasteiger partial charge is 0.308 e. The first-order valence-electron chi connectivity index (χ1n) is 6.46. The summed E-state index contributed by atoms with van der Waals surface area (Å²) >= 11 is 5.46. The van der Waals surface area contributed by atoms with Gasteiger partial charge in [-0.15, -0.1) is 11.3 Å². The van der Waals surface area contributed by atoms with Gasteiger partial charge in [-0.25, -0.2) is 0 Å². The van der Waals surface area contributed by atoms with Gasteiger partial charge in [-0.2, -0.15) is 0 Å². The van der Waals surface area contributed by atoms with Gasteiger partial charge in [-0.3, -0.25) is 9.80 Å². The van der Waals surface area contributed by atoms with Gasteiger partial charge in [0.05, 0.1) is 0 Å². The molecule has 0 atom stereocenters. The summed E-state index contributed by atoms with van der Waals surface area (Å²) in [5.41, 5.74) is 0. The van der Waals surface area contributed by atoms with E-state index in [0.29, 0.717) is 0 Å². The van der Waals surface area contributed by atoms with Gasteiger partial charge >= 0.3 is 0 Å². The highest BCUT2D eigenvalue weighted by Gasteiger charge is 2.17. The van der Waals surface area contributed by atoms with E-state index in [4.69, 9.17) is 0 Å². The minimum Gasteiger partial charge on any atom is -0.308 e. The van der Waals surface area contributed by atoms with Crippen molar-refractivity contribution < 1.29 is 0 Å². The SMILES string of the molecule is CN(C)CCN1CCN(Cc2sccc2Br)CC1. The lowest BCUT2D eigenvalue weighted by Crippen LogP contribution is -2.47. The molecule has 1 fully saturated rings. The van der Waals surface area contributed by atoms with Crippen molar-refractivity contribution in [2.24, 2.45) is 0 Å². The van der Waals surface area contributed by atoms with E-state index >= 15 is 0 Å². The maximum Gasteiger partial charge on any atom is 0.0340 e. The third-order valence-electron chi connectivity index (χ3n) is 3.39. The van der Waals surface area contributed by atoms with E-state index in [-0.39, 0.29) is 0 Å². The molecule has 2 rings (SSSR count). The van der Waals surface area contributed by atoms with E-state index < -0.39 is 0 Å². The maximum absolute atomic E-state index is 3.61. The summed E-state index contributed by atoms with van der Waals surface area (Å²) in [6.07, 6.45) is 0. The summed E-state index contributed by atoms with van der Waals surface area (Å²) in [5, 5.41) is 2.16. The number of hydrogen-bond donors (Lipinski definition) is 0. The Balaban J connectivity index is 1.72. The molecule has 1 saturated heterocycles. The first-order valence-corrected chi connectivity index (χ1v) is 8.14. The Kier molecular flexibility index (Phi) is 5.63. The number of nitrogens with zero attached hydrogens (tertiary/aromatic N) is 3. The van der Waals surface area contributed by atoms with Crippen LogP contribution in [-0.2, 0) is 6.54 Å². The van der Waals surface area contributed by atoms with Crippen LogP contribution in [0.2, 0.25) is 0 Å². The number of halogens is 1. The highest BCUT2D eigenvalue weighted by molar-refractivity contribution is 9.10. The monoisotopic (exact) mass is 331 g/mol. The molecular formula is C13H22BrN3S. The van der Waals surface area contributed by atoms with E-state index in [1.807, 2.05) is 11.3 Å². The van der Waals surface area contributed by atoms with Crippen LogP contribution in [0.1, 0.15) is 4.88 Å². The highest BCUT2D eigenvalue weighted by Crippen LogP contribution is 2.24. The van der Waals surface area contributed by atoms with Gasteiger partial charge in [0.15, 0.2) is 0 Å². The van der Waals surface area contributed by atoms with Crippen molar-refractivity contribution in [3.05, 3.63) is 20.8 Å². The zero-order chi connectivity index (χ0) is 13.0. The zero-order valence-electron chi connectivity index (χ0n) is 11.2. The third-order valence-corrected chi connectivity index (χ3v) is 5.30. The Morgan fingerprint density at radius 3 is 2.44 bits per heavy atom. The first-order chi connectivity index (χ1) is 8.65. The summed E-state index contributed by atoms with van der Waals surface area (Å²) in [4.78, 5) is 8.84. The molecule has 102 valence electrons. The molecule has 0 bridgehead atoms. The number of likely N-dealkylation sites (N-methyl/N-ethyl adjacent to an activating group) is 1. The van der Waals surface area contributed by atoms with Crippen LogP contribution in [0.15, 0.2) is 15.9 Å². The first kappa shape index (κ1) is 14.5. The molecule has 0 radical (unpaired) electrons. The van der Waals surface area contributed by atoms with Gasteiger partial charge in [-0.05, 0) is 41.5 Å². The predicted octanol–water partition coefficient (Wildman–Crippen LogP) is 2.19. The average Bonchev–Trinajstić information content (AvgIpc) is 2.74. The molecule has 18 heavy (non-hydrogen) atoms. The molecule has 0 aliphatic carbocycles. The molecule has 0 N–H and O–H groups in total. The Labute approximate surface area is 122 Å². The lowest BCUT2D eigenvalue weighted by atomic mass is 10.3. The number of piperazine rings is 1. The molecule has 0 amide bonds. The Morgan fingerprint density at radius 1 is 1.22 bits per heavy atom. The second-order valence-corrected chi connectivity index (χ2v) is 6.97. The number of thiophene rings is 1. The van der Waals surface area contributed by atoms with Crippen LogP contribution < -0.4 is 0 Å². The molecule has 0 aromatic carbocycles. The molecular weight excluding hydrogens is 310 g/mol. The van der Waals surface area contributed by atoms with Crippen molar-refractivity contribution in [3.63, 3.8) is 0 Å².